The van der Waals surface area contributed by atoms with Crippen molar-refractivity contribution in [3.63, 3.8) is 0 Å². The van der Waals surface area contributed by atoms with E-state index in [9.17, 15) is 0 Å². The molecule has 0 heterocycles. The van der Waals surface area contributed by atoms with Crippen LogP contribution in [0.4, 0.5) is 0 Å². The summed E-state index contributed by atoms with van der Waals surface area (Å²) in [6.45, 7) is 9.18. The molecule has 1 rings (SSSR count). The first-order chi connectivity index (χ1) is 12.2. The summed E-state index contributed by atoms with van der Waals surface area (Å²) in [5.74, 6) is 0. The Kier molecular flexibility index (Phi) is 12.8. The molecule has 0 aliphatic carbocycles. The zero-order valence-electron chi connectivity index (χ0n) is 17.8. The summed E-state index contributed by atoms with van der Waals surface area (Å²) in [6.07, 6.45) is 20.8. The molecule has 0 aliphatic rings. The lowest BCUT2D eigenvalue weighted by Crippen LogP contribution is -2.00. The van der Waals surface area contributed by atoms with E-state index in [2.05, 4.69) is 39.8 Å². The van der Waals surface area contributed by atoms with Gasteiger partial charge in [0.05, 0.1) is 0 Å². The number of aryl methyl sites for hydroxylation is 3. The van der Waals surface area contributed by atoms with Crippen LogP contribution >= 0.6 is 0 Å². The van der Waals surface area contributed by atoms with E-state index in [1.165, 1.54) is 107 Å². The van der Waals surface area contributed by atoms with E-state index < -0.39 is 0 Å². The fourth-order valence-corrected chi connectivity index (χ4v) is 4.02. The van der Waals surface area contributed by atoms with Crippen molar-refractivity contribution >= 4 is 0 Å². The van der Waals surface area contributed by atoms with Gasteiger partial charge in [-0.25, -0.2) is 0 Å². The van der Waals surface area contributed by atoms with Gasteiger partial charge in [0.15, 0.2) is 0 Å². The van der Waals surface area contributed by atoms with Crippen molar-refractivity contribution in [2.45, 2.75) is 124 Å². The average molecular weight is 345 g/mol. The van der Waals surface area contributed by atoms with Crippen molar-refractivity contribution in [1.29, 1.82) is 0 Å². The molecule has 0 saturated heterocycles. The van der Waals surface area contributed by atoms with Gasteiger partial charge in [0, 0.05) is 0 Å². The Labute approximate surface area is 158 Å². The fourth-order valence-electron chi connectivity index (χ4n) is 4.02. The fraction of sp³-hybridized carbons (Fsp3) is 0.760. The molecule has 0 radical (unpaired) electrons. The first-order valence-electron chi connectivity index (χ1n) is 11.3. The van der Waals surface area contributed by atoms with Gasteiger partial charge in [0.1, 0.15) is 0 Å². The Bertz CT molecular complexity index is 444. The van der Waals surface area contributed by atoms with Gasteiger partial charge in [0.25, 0.3) is 0 Å². The SMILES string of the molecule is CCCCCCCCCc1cc(C)cc(C)c1CCCCCCCC. The Morgan fingerprint density at radius 1 is 0.560 bits per heavy atom. The molecule has 0 amide bonds. The molecule has 0 fully saturated rings. The van der Waals surface area contributed by atoms with Crippen molar-refractivity contribution in [3.05, 3.63) is 34.4 Å². The van der Waals surface area contributed by atoms with Crippen molar-refractivity contribution in [2.24, 2.45) is 0 Å². The lowest BCUT2D eigenvalue weighted by Gasteiger charge is -2.14. The molecule has 0 N–H and O–H groups in total. The molecule has 0 unspecified atom stereocenters. The maximum Gasteiger partial charge on any atom is -0.0274 e. The summed E-state index contributed by atoms with van der Waals surface area (Å²) in [4.78, 5) is 0. The van der Waals surface area contributed by atoms with Gasteiger partial charge in [-0.15, -0.1) is 0 Å². The molecule has 144 valence electrons. The lowest BCUT2D eigenvalue weighted by atomic mass is 9.91. The summed E-state index contributed by atoms with van der Waals surface area (Å²) >= 11 is 0. The van der Waals surface area contributed by atoms with Crippen molar-refractivity contribution in [1.82, 2.24) is 0 Å². The number of rotatable bonds is 15. The lowest BCUT2D eigenvalue weighted by molar-refractivity contribution is 0.586. The third kappa shape index (κ3) is 10.1. The van der Waals surface area contributed by atoms with Crippen molar-refractivity contribution < 1.29 is 0 Å². The van der Waals surface area contributed by atoms with Crippen LogP contribution in [0, 0.1) is 13.8 Å². The normalized spacial score (nSPS) is 11.2. The van der Waals surface area contributed by atoms with Crippen molar-refractivity contribution in [2.75, 3.05) is 0 Å². The van der Waals surface area contributed by atoms with Gasteiger partial charge in [-0.3, -0.25) is 0 Å². The van der Waals surface area contributed by atoms with E-state index in [1.807, 2.05) is 0 Å². The quantitative estimate of drug-likeness (QED) is 0.280. The molecule has 0 saturated carbocycles. The average Bonchev–Trinajstić information content (AvgIpc) is 2.58. The van der Waals surface area contributed by atoms with Crippen LogP contribution in [0.25, 0.3) is 0 Å². The summed E-state index contributed by atoms with van der Waals surface area (Å²) < 4.78 is 0. The third-order valence-corrected chi connectivity index (χ3v) is 5.54. The van der Waals surface area contributed by atoms with Gasteiger partial charge in [-0.2, -0.15) is 0 Å². The third-order valence-electron chi connectivity index (χ3n) is 5.54. The Hall–Kier alpha value is -0.780. The number of benzene rings is 1. The maximum absolute atomic E-state index is 2.47. The first-order valence-corrected chi connectivity index (χ1v) is 11.3. The molecule has 0 bridgehead atoms. The van der Waals surface area contributed by atoms with Gasteiger partial charge < -0.3 is 0 Å². The highest BCUT2D eigenvalue weighted by Gasteiger charge is 2.07. The van der Waals surface area contributed by atoms with Crippen LogP contribution in [0.2, 0.25) is 0 Å². The zero-order valence-corrected chi connectivity index (χ0v) is 17.8. The van der Waals surface area contributed by atoms with Crippen molar-refractivity contribution in [3.8, 4) is 0 Å². The molecule has 0 nitrogen and oxygen atoms in total. The molecule has 0 aromatic heterocycles. The van der Waals surface area contributed by atoms with Gasteiger partial charge >= 0.3 is 0 Å². The minimum atomic E-state index is 1.29. The zero-order chi connectivity index (χ0) is 18.3. The Morgan fingerprint density at radius 3 is 1.60 bits per heavy atom. The molecular formula is C25H44. The van der Waals surface area contributed by atoms with Crippen LogP contribution in [-0.4, -0.2) is 0 Å². The van der Waals surface area contributed by atoms with Gasteiger partial charge in [0.2, 0.25) is 0 Å². The molecule has 1 aromatic rings. The second kappa shape index (κ2) is 14.4. The summed E-state index contributed by atoms with van der Waals surface area (Å²) in [6, 6.07) is 4.86. The molecule has 0 spiro atoms. The summed E-state index contributed by atoms with van der Waals surface area (Å²) in [5, 5.41) is 0. The van der Waals surface area contributed by atoms with Gasteiger partial charge in [-0.05, 0) is 56.2 Å². The summed E-state index contributed by atoms with van der Waals surface area (Å²) in [5.41, 5.74) is 6.31. The Morgan fingerprint density at radius 2 is 1.04 bits per heavy atom. The van der Waals surface area contributed by atoms with Crippen LogP contribution in [0.1, 0.15) is 120 Å². The predicted octanol–water partition coefficient (Wildman–Crippen LogP) is 8.50. The highest BCUT2D eigenvalue weighted by atomic mass is 14.1. The number of hydrogen-bond acceptors (Lipinski definition) is 0. The maximum atomic E-state index is 2.47. The van der Waals surface area contributed by atoms with E-state index in [4.69, 9.17) is 0 Å². The smallest absolute Gasteiger partial charge is 0.0274 e. The molecule has 25 heavy (non-hydrogen) atoms. The minimum absolute atomic E-state index is 1.29. The van der Waals surface area contributed by atoms with E-state index in [0.717, 1.165) is 0 Å². The van der Waals surface area contributed by atoms with Crippen LogP contribution in [-0.2, 0) is 12.8 Å². The largest absolute Gasteiger partial charge is 0.0654 e. The van der Waals surface area contributed by atoms with E-state index in [1.54, 1.807) is 11.1 Å². The standard InChI is InChI=1S/C25H44/c1-5-7-9-11-13-14-16-18-24-21-22(3)20-23(4)25(24)19-17-15-12-10-8-6-2/h20-21H,5-19H2,1-4H3. The van der Waals surface area contributed by atoms with Gasteiger partial charge in [-0.1, -0.05) is 102 Å². The van der Waals surface area contributed by atoms with Crippen LogP contribution < -0.4 is 0 Å². The van der Waals surface area contributed by atoms with Crippen LogP contribution in [0.3, 0.4) is 0 Å². The van der Waals surface area contributed by atoms with Crippen LogP contribution in [0.5, 0.6) is 0 Å². The number of hydrogen-bond donors (Lipinski definition) is 0. The van der Waals surface area contributed by atoms with E-state index in [-0.39, 0.29) is 0 Å². The molecular weight excluding hydrogens is 300 g/mol. The second-order valence-corrected chi connectivity index (χ2v) is 8.11. The second-order valence-electron chi connectivity index (χ2n) is 8.11. The topological polar surface area (TPSA) is 0 Å². The molecule has 0 atom stereocenters. The van der Waals surface area contributed by atoms with E-state index in [0.29, 0.717) is 0 Å². The molecule has 0 aliphatic heterocycles. The number of unbranched alkanes of at least 4 members (excludes halogenated alkanes) is 11. The molecule has 1 aromatic carbocycles. The van der Waals surface area contributed by atoms with Crippen LogP contribution in [0.15, 0.2) is 12.1 Å². The monoisotopic (exact) mass is 344 g/mol. The Balaban J connectivity index is 2.40. The highest BCUT2D eigenvalue weighted by molar-refractivity contribution is 5.38. The van der Waals surface area contributed by atoms with E-state index >= 15 is 0 Å². The predicted molar refractivity (Wildman–Crippen MR) is 115 cm³/mol. The minimum Gasteiger partial charge on any atom is -0.0654 e. The molecule has 0 heteroatoms. The highest BCUT2D eigenvalue weighted by Crippen LogP contribution is 2.22. The summed E-state index contributed by atoms with van der Waals surface area (Å²) in [7, 11) is 0. The first kappa shape index (κ1) is 22.3.